The molecule has 1 amide bonds. The van der Waals surface area contributed by atoms with Crippen molar-refractivity contribution < 1.29 is 14.6 Å². The van der Waals surface area contributed by atoms with Crippen LogP contribution < -0.4 is 15.4 Å². The van der Waals surface area contributed by atoms with Crippen LogP contribution in [0.5, 0.6) is 5.75 Å². The molecule has 1 saturated heterocycles. The van der Waals surface area contributed by atoms with Gasteiger partial charge in [-0.25, -0.2) is 0 Å². The van der Waals surface area contributed by atoms with Crippen LogP contribution in [-0.4, -0.2) is 42.9 Å². The van der Waals surface area contributed by atoms with E-state index in [0.717, 1.165) is 17.9 Å². The maximum atomic E-state index is 12.0. The first-order valence-electron chi connectivity index (χ1n) is 7.46. The highest BCUT2D eigenvalue weighted by molar-refractivity contribution is 5.79. The second-order valence-corrected chi connectivity index (χ2v) is 5.74. The predicted molar refractivity (Wildman–Crippen MR) is 81.3 cm³/mol. The van der Waals surface area contributed by atoms with Gasteiger partial charge in [-0.15, -0.1) is 0 Å². The molecule has 1 heterocycles. The zero-order chi connectivity index (χ0) is 15.2. The zero-order valence-corrected chi connectivity index (χ0v) is 12.6. The molecule has 1 aromatic carbocycles. The average molecular weight is 292 g/mol. The fourth-order valence-electron chi connectivity index (χ4n) is 2.43. The summed E-state index contributed by atoms with van der Waals surface area (Å²) in [5.41, 5.74) is 0.883. The highest BCUT2D eigenvalue weighted by Crippen LogP contribution is 2.20. The van der Waals surface area contributed by atoms with E-state index in [2.05, 4.69) is 10.6 Å². The van der Waals surface area contributed by atoms with Crippen LogP contribution in [0.25, 0.3) is 0 Å². The number of β-amino-alcohol motifs (C(OH)–C–C–N with tert-alkyl or cyclic N) is 1. The molecule has 0 saturated carbocycles. The van der Waals surface area contributed by atoms with Crippen LogP contribution in [0.3, 0.4) is 0 Å². The number of amides is 1. The predicted octanol–water partition coefficient (Wildman–Crippen LogP) is 0.713. The van der Waals surface area contributed by atoms with Gasteiger partial charge in [0.1, 0.15) is 5.75 Å². The molecular weight excluding hydrogens is 268 g/mol. The fraction of sp³-hybridized carbons (Fsp3) is 0.562. The van der Waals surface area contributed by atoms with Gasteiger partial charge in [0.05, 0.1) is 18.6 Å². The minimum absolute atomic E-state index is 0.0473. The molecule has 2 atom stereocenters. The Morgan fingerprint density at radius 3 is 2.86 bits per heavy atom. The van der Waals surface area contributed by atoms with Crippen molar-refractivity contribution in [1.29, 1.82) is 0 Å². The molecule has 0 spiro atoms. The molecule has 0 bridgehead atoms. The molecule has 0 aromatic heterocycles. The van der Waals surface area contributed by atoms with Gasteiger partial charge in [-0.05, 0) is 19.9 Å². The molecule has 0 radical (unpaired) electrons. The number of aliphatic hydroxyl groups is 1. The number of carbonyl (C=O) groups excluding carboxylic acids is 1. The lowest BCUT2D eigenvalue weighted by molar-refractivity contribution is -0.120. The molecule has 5 nitrogen and oxygen atoms in total. The van der Waals surface area contributed by atoms with E-state index in [1.54, 1.807) is 0 Å². The molecule has 5 heteroatoms. The summed E-state index contributed by atoms with van der Waals surface area (Å²) in [6.45, 7) is 5.77. The van der Waals surface area contributed by atoms with E-state index in [0.29, 0.717) is 19.5 Å². The Hall–Kier alpha value is -1.59. The van der Waals surface area contributed by atoms with Crippen LogP contribution in [0.1, 0.15) is 19.4 Å². The van der Waals surface area contributed by atoms with Crippen molar-refractivity contribution in [2.45, 2.75) is 32.5 Å². The quantitative estimate of drug-likeness (QED) is 0.722. The van der Waals surface area contributed by atoms with Crippen molar-refractivity contribution in [2.24, 2.45) is 5.92 Å². The topological polar surface area (TPSA) is 70.6 Å². The molecule has 2 rings (SSSR count). The van der Waals surface area contributed by atoms with E-state index < -0.39 is 0 Å². The van der Waals surface area contributed by atoms with E-state index in [1.165, 1.54) is 0 Å². The molecule has 3 N–H and O–H groups in total. The molecule has 1 aliphatic rings. The van der Waals surface area contributed by atoms with Crippen molar-refractivity contribution in [3.05, 3.63) is 29.8 Å². The third-order valence-corrected chi connectivity index (χ3v) is 3.55. The van der Waals surface area contributed by atoms with E-state index >= 15 is 0 Å². The van der Waals surface area contributed by atoms with Gasteiger partial charge >= 0.3 is 0 Å². The SMILES string of the molecule is CC(C)Oc1ccccc1CC(=O)NCC1CNCC1O. The standard InChI is InChI=1S/C16H24N2O3/c1-11(2)21-15-6-4-3-5-12(15)7-16(20)18-9-13-8-17-10-14(13)19/h3-6,11,13-14,17,19H,7-10H2,1-2H3,(H,18,20). The van der Waals surface area contributed by atoms with E-state index in [-0.39, 0.29) is 24.0 Å². The Kier molecular flexibility index (Phi) is 5.59. The van der Waals surface area contributed by atoms with Crippen molar-refractivity contribution in [3.8, 4) is 5.75 Å². The van der Waals surface area contributed by atoms with Crippen molar-refractivity contribution >= 4 is 5.91 Å². The number of carbonyl (C=O) groups is 1. The van der Waals surface area contributed by atoms with Crippen molar-refractivity contribution in [1.82, 2.24) is 10.6 Å². The second-order valence-electron chi connectivity index (χ2n) is 5.74. The summed E-state index contributed by atoms with van der Waals surface area (Å²) in [6.07, 6.45) is -0.00476. The van der Waals surface area contributed by atoms with Crippen LogP contribution >= 0.6 is 0 Å². The van der Waals surface area contributed by atoms with Gasteiger partial charge in [-0.3, -0.25) is 4.79 Å². The number of benzene rings is 1. The molecule has 21 heavy (non-hydrogen) atoms. The number of rotatable bonds is 6. The number of nitrogens with one attached hydrogen (secondary N) is 2. The zero-order valence-electron chi connectivity index (χ0n) is 12.6. The number of aliphatic hydroxyl groups excluding tert-OH is 1. The Labute approximate surface area is 125 Å². The minimum Gasteiger partial charge on any atom is -0.491 e. The van der Waals surface area contributed by atoms with Gasteiger partial charge in [0.2, 0.25) is 5.91 Å². The lowest BCUT2D eigenvalue weighted by Gasteiger charge is -2.16. The molecular formula is C16H24N2O3. The van der Waals surface area contributed by atoms with E-state index in [1.807, 2.05) is 38.1 Å². The highest BCUT2D eigenvalue weighted by Gasteiger charge is 2.25. The summed E-state index contributed by atoms with van der Waals surface area (Å²) < 4.78 is 5.71. The van der Waals surface area contributed by atoms with Gasteiger partial charge < -0.3 is 20.5 Å². The maximum Gasteiger partial charge on any atom is 0.224 e. The number of hydrogen-bond acceptors (Lipinski definition) is 4. The van der Waals surface area contributed by atoms with Crippen LogP contribution in [0.4, 0.5) is 0 Å². The van der Waals surface area contributed by atoms with Gasteiger partial charge in [0, 0.05) is 31.1 Å². The fourth-order valence-corrected chi connectivity index (χ4v) is 2.43. The van der Waals surface area contributed by atoms with Gasteiger partial charge in [0.25, 0.3) is 0 Å². The van der Waals surface area contributed by atoms with Crippen LogP contribution in [-0.2, 0) is 11.2 Å². The van der Waals surface area contributed by atoms with Gasteiger partial charge in [-0.2, -0.15) is 0 Å². The first-order chi connectivity index (χ1) is 10.1. The van der Waals surface area contributed by atoms with Crippen molar-refractivity contribution in [2.75, 3.05) is 19.6 Å². The highest BCUT2D eigenvalue weighted by atomic mass is 16.5. The number of hydrogen-bond donors (Lipinski definition) is 3. The Balaban J connectivity index is 1.87. The summed E-state index contributed by atoms with van der Waals surface area (Å²) in [5.74, 6) is 0.801. The lowest BCUT2D eigenvalue weighted by Crippen LogP contribution is -2.35. The monoisotopic (exact) mass is 292 g/mol. The summed E-state index contributed by atoms with van der Waals surface area (Å²) in [6, 6.07) is 7.59. The third kappa shape index (κ3) is 4.72. The maximum absolute atomic E-state index is 12.0. The molecule has 2 unspecified atom stereocenters. The summed E-state index contributed by atoms with van der Waals surface area (Å²) in [4.78, 5) is 12.0. The Morgan fingerprint density at radius 2 is 2.19 bits per heavy atom. The van der Waals surface area contributed by atoms with E-state index in [4.69, 9.17) is 4.74 Å². The smallest absolute Gasteiger partial charge is 0.224 e. The van der Waals surface area contributed by atoms with Crippen LogP contribution in [0, 0.1) is 5.92 Å². The second kappa shape index (κ2) is 7.43. The average Bonchev–Trinajstić information content (AvgIpc) is 2.84. The van der Waals surface area contributed by atoms with E-state index in [9.17, 15) is 9.90 Å². The summed E-state index contributed by atoms with van der Waals surface area (Å²) in [7, 11) is 0. The largest absolute Gasteiger partial charge is 0.491 e. The Morgan fingerprint density at radius 1 is 1.43 bits per heavy atom. The first-order valence-corrected chi connectivity index (χ1v) is 7.46. The third-order valence-electron chi connectivity index (χ3n) is 3.55. The molecule has 1 fully saturated rings. The molecule has 116 valence electrons. The van der Waals surface area contributed by atoms with Gasteiger partial charge in [-0.1, -0.05) is 18.2 Å². The Bertz CT molecular complexity index is 476. The lowest BCUT2D eigenvalue weighted by atomic mass is 10.1. The minimum atomic E-state index is -0.373. The molecule has 1 aliphatic heterocycles. The van der Waals surface area contributed by atoms with Gasteiger partial charge in [0.15, 0.2) is 0 Å². The van der Waals surface area contributed by atoms with Crippen LogP contribution in [0.15, 0.2) is 24.3 Å². The molecule has 0 aliphatic carbocycles. The summed E-state index contributed by atoms with van der Waals surface area (Å²) >= 11 is 0. The summed E-state index contributed by atoms with van der Waals surface area (Å²) in [5, 5.41) is 15.7. The van der Waals surface area contributed by atoms with Crippen molar-refractivity contribution in [3.63, 3.8) is 0 Å². The number of ether oxygens (including phenoxy) is 1. The first kappa shape index (κ1) is 15.8. The molecule has 1 aromatic rings. The normalized spacial score (nSPS) is 21.5. The van der Waals surface area contributed by atoms with Crippen LogP contribution in [0.2, 0.25) is 0 Å². The number of para-hydroxylation sites is 1.